The molecule has 0 spiro atoms. The molecular formula is C29H27F3N2O5. The second-order valence-corrected chi connectivity index (χ2v) is 10.5. The van der Waals surface area contributed by atoms with Crippen molar-refractivity contribution >= 4 is 17.1 Å². The average molecular weight is 541 g/mol. The van der Waals surface area contributed by atoms with Crippen molar-refractivity contribution in [2.45, 2.75) is 52.6 Å². The zero-order chi connectivity index (χ0) is 28.1. The van der Waals surface area contributed by atoms with Gasteiger partial charge in [0.15, 0.2) is 0 Å². The van der Waals surface area contributed by atoms with Crippen LogP contribution in [0.3, 0.4) is 0 Å². The lowest BCUT2D eigenvalue weighted by Crippen LogP contribution is -2.39. The van der Waals surface area contributed by atoms with Crippen LogP contribution in [0.4, 0.5) is 18.0 Å². The molecule has 0 saturated carbocycles. The molecule has 4 aromatic rings. The molecule has 0 atom stereocenters. The van der Waals surface area contributed by atoms with Crippen LogP contribution in [-0.2, 0) is 17.7 Å². The van der Waals surface area contributed by atoms with Gasteiger partial charge in [-0.05, 0) is 74.7 Å². The molecule has 10 heteroatoms. The molecule has 0 radical (unpaired) electrons. The number of carbonyl (C=O) groups excluding carboxylic acids is 1. The Balaban J connectivity index is 1.40. The predicted octanol–water partition coefficient (Wildman–Crippen LogP) is 6.75. The van der Waals surface area contributed by atoms with E-state index in [1.54, 1.807) is 36.2 Å². The molecule has 0 unspecified atom stereocenters. The van der Waals surface area contributed by atoms with Crippen LogP contribution >= 0.6 is 0 Å². The standard InChI is InChI=1S/C29H27F3N2O5/c1-17-13-20(38-29(30,31)32)6-8-21(17)18-9-12-34(26(35)14-18)19-5-7-22-23-16-33(27(36)39-28(2,3)4)11-10-24(23)37-25(22)15-19/h5-9,12-15H,10-11,16H2,1-4H3. The van der Waals surface area contributed by atoms with E-state index in [0.717, 1.165) is 16.7 Å². The summed E-state index contributed by atoms with van der Waals surface area (Å²) in [4.78, 5) is 27.3. The number of aryl methyl sites for hydroxylation is 1. The summed E-state index contributed by atoms with van der Waals surface area (Å²) in [7, 11) is 0. The Hall–Kier alpha value is -4.21. The van der Waals surface area contributed by atoms with Gasteiger partial charge in [0.2, 0.25) is 0 Å². The van der Waals surface area contributed by atoms with Crippen LogP contribution in [0.1, 0.15) is 37.7 Å². The lowest BCUT2D eigenvalue weighted by atomic mass is 10.0. The first-order valence-electron chi connectivity index (χ1n) is 12.4. The summed E-state index contributed by atoms with van der Waals surface area (Å²) in [5.74, 6) is 0.485. The molecule has 39 heavy (non-hydrogen) atoms. The zero-order valence-electron chi connectivity index (χ0n) is 21.9. The van der Waals surface area contributed by atoms with Crippen LogP contribution in [0, 0.1) is 6.92 Å². The summed E-state index contributed by atoms with van der Waals surface area (Å²) >= 11 is 0. The van der Waals surface area contributed by atoms with Crippen LogP contribution in [0.5, 0.6) is 5.75 Å². The largest absolute Gasteiger partial charge is 0.573 e. The van der Waals surface area contributed by atoms with Gasteiger partial charge in [-0.2, -0.15) is 0 Å². The molecule has 1 aliphatic heterocycles. The molecule has 5 rings (SSSR count). The van der Waals surface area contributed by atoms with E-state index in [2.05, 4.69) is 4.74 Å². The molecular weight excluding hydrogens is 513 g/mol. The maximum atomic E-state index is 13.0. The predicted molar refractivity (Wildman–Crippen MR) is 139 cm³/mol. The lowest BCUT2D eigenvalue weighted by Gasteiger charge is -2.29. The summed E-state index contributed by atoms with van der Waals surface area (Å²) in [5.41, 5.74) is 2.96. The molecule has 3 heterocycles. The van der Waals surface area contributed by atoms with Gasteiger partial charge < -0.3 is 18.8 Å². The van der Waals surface area contributed by atoms with Gasteiger partial charge in [-0.25, -0.2) is 4.79 Å². The molecule has 2 aromatic heterocycles. The Bertz CT molecular complexity index is 1630. The number of fused-ring (bicyclic) bond motifs is 3. The first-order chi connectivity index (χ1) is 18.3. The van der Waals surface area contributed by atoms with Crippen molar-refractivity contribution in [3.63, 3.8) is 0 Å². The van der Waals surface area contributed by atoms with Crippen molar-refractivity contribution in [3.05, 3.63) is 82.0 Å². The number of hydrogen-bond acceptors (Lipinski definition) is 5. The van der Waals surface area contributed by atoms with E-state index in [-0.39, 0.29) is 17.4 Å². The van der Waals surface area contributed by atoms with E-state index in [9.17, 15) is 22.8 Å². The first kappa shape index (κ1) is 26.4. The Morgan fingerprint density at radius 1 is 1.03 bits per heavy atom. The third-order valence-electron chi connectivity index (χ3n) is 6.41. The monoisotopic (exact) mass is 540 g/mol. The second-order valence-electron chi connectivity index (χ2n) is 10.5. The Morgan fingerprint density at radius 2 is 1.79 bits per heavy atom. The minimum absolute atomic E-state index is 0.311. The number of halogens is 3. The van der Waals surface area contributed by atoms with Gasteiger partial charge in [0, 0.05) is 42.2 Å². The van der Waals surface area contributed by atoms with E-state index in [1.165, 1.54) is 28.8 Å². The number of ether oxygens (including phenoxy) is 2. The number of amides is 1. The highest BCUT2D eigenvalue weighted by atomic mass is 19.4. The van der Waals surface area contributed by atoms with Crippen LogP contribution < -0.4 is 10.3 Å². The van der Waals surface area contributed by atoms with E-state index in [0.29, 0.717) is 47.5 Å². The van der Waals surface area contributed by atoms with Gasteiger partial charge in [-0.15, -0.1) is 13.2 Å². The third-order valence-corrected chi connectivity index (χ3v) is 6.41. The van der Waals surface area contributed by atoms with E-state index < -0.39 is 12.0 Å². The number of aromatic nitrogens is 1. The van der Waals surface area contributed by atoms with Crippen molar-refractivity contribution in [3.8, 4) is 22.6 Å². The third kappa shape index (κ3) is 5.64. The van der Waals surface area contributed by atoms with E-state index >= 15 is 0 Å². The van der Waals surface area contributed by atoms with Crippen molar-refractivity contribution in [2.75, 3.05) is 6.54 Å². The van der Waals surface area contributed by atoms with Gasteiger partial charge in [-0.1, -0.05) is 6.07 Å². The Morgan fingerprint density at radius 3 is 2.46 bits per heavy atom. The summed E-state index contributed by atoms with van der Waals surface area (Å²) in [6.07, 6.45) is -2.98. The Kier molecular flexibility index (Phi) is 6.44. The van der Waals surface area contributed by atoms with Gasteiger partial charge in [0.25, 0.3) is 5.56 Å². The quantitative estimate of drug-likeness (QED) is 0.287. The maximum absolute atomic E-state index is 13.0. The summed E-state index contributed by atoms with van der Waals surface area (Å²) in [6, 6.07) is 12.6. The lowest BCUT2D eigenvalue weighted by molar-refractivity contribution is -0.274. The highest BCUT2D eigenvalue weighted by Gasteiger charge is 2.31. The molecule has 2 aromatic carbocycles. The van der Waals surface area contributed by atoms with Crippen LogP contribution in [0.25, 0.3) is 27.8 Å². The zero-order valence-corrected chi connectivity index (χ0v) is 21.9. The SMILES string of the molecule is Cc1cc(OC(F)(F)F)ccc1-c1ccn(-c2ccc3c4c(oc3c2)CCN(C(=O)OC(C)(C)C)C4)c(=O)c1. The van der Waals surface area contributed by atoms with Gasteiger partial charge >= 0.3 is 12.5 Å². The minimum atomic E-state index is -4.78. The smallest absolute Gasteiger partial charge is 0.461 e. The van der Waals surface area contributed by atoms with Crippen molar-refractivity contribution in [1.29, 1.82) is 0 Å². The van der Waals surface area contributed by atoms with Crippen molar-refractivity contribution in [1.82, 2.24) is 9.47 Å². The topological polar surface area (TPSA) is 73.9 Å². The molecule has 0 fully saturated rings. The second kappa shape index (κ2) is 9.52. The molecule has 0 saturated heterocycles. The highest BCUT2D eigenvalue weighted by molar-refractivity contribution is 5.85. The molecule has 204 valence electrons. The van der Waals surface area contributed by atoms with E-state index in [4.69, 9.17) is 9.15 Å². The average Bonchev–Trinajstić information content (AvgIpc) is 3.19. The summed E-state index contributed by atoms with van der Waals surface area (Å²) in [5, 5.41) is 0.864. The molecule has 0 aliphatic carbocycles. The highest BCUT2D eigenvalue weighted by Crippen LogP contribution is 2.33. The Labute approximate surface area is 222 Å². The summed E-state index contributed by atoms with van der Waals surface area (Å²) < 4.78 is 54.6. The fourth-order valence-electron chi connectivity index (χ4n) is 4.72. The summed E-state index contributed by atoms with van der Waals surface area (Å²) in [6.45, 7) is 7.99. The molecule has 7 nitrogen and oxygen atoms in total. The number of nitrogens with zero attached hydrogens (tertiary/aromatic N) is 2. The van der Waals surface area contributed by atoms with Gasteiger partial charge in [-0.3, -0.25) is 9.36 Å². The number of benzene rings is 2. The number of hydrogen-bond donors (Lipinski definition) is 0. The normalized spacial score (nSPS) is 13.9. The van der Waals surface area contributed by atoms with Crippen LogP contribution in [0.2, 0.25) is 0 Å². The number of alkyl halides is 3. The van der Waals surface area contributed by atoms with Crippen molar-refractivity contribution in [2.24, 2.45) is 0 Å². The first-order valence-corrected chi connectivity index (χ1v) is 12.4. The number of carbonyl (C=O) groups is 1. The molecule has 1 aliphatic rings. The fourth-order valence-corrected chi connectivity index (χ4v) is 4.72. The maximum Gasteiger partial charge on any atom is 0.573 e. The molecule has 0 bridgehead atoms. The van der Waals surface area contributed by atoms with Crippen molar-refractivity contribution < 1.29 is 31.9 Å². The molecule has 0 N–H and O–H groups in total. The van der Waals surface area contributed by atoms with Gasteiger partial charge in [0.1, 0.15) is 22.7 Å². The number of rotatable bonds is 3. The van der Waals surface area contributed by atoms with Crippen LogP contribution in [-0.4, -0.2) is 34.1 Å². The van der Waals surface area contributed by atoms with Gasteiger partial charge in [0.05, 0.1) is 12.2 Å². The van der Waals surface area contributed by atoms with E-state index in [1.807, 2.05) is 26.8 Å². The number of pyridine rings is 1. The minimum Gasteiger partial charge on any atom is -0.461 e. The molecule has 1 amide bonds. The number of furan rings is 1. The van der Waals surface area contributed by atoms with Crippen LogP contribution in [0.15, 0.2) is 63.9 Å². The fraction of sp³-hybridized carbons (Fsp3) is 0.310.